The van der Waals surface area contributed by atoms with E-state index in [2.05, 4.69) is 15.6 Å². The number of nitrogens with zero attached hydrogens (tertiary/aromatic N) is 2. The van der Waals surface area contributed by atoms with Crippen LogP contribution in [0.15, 0.2) is 30.3 Å². The van der Waals surface area contributed by atoms with Crippen molar-refractivity contribution in [2.75, 3.05) is 17.2 Å². The third-order valence-corrected chi connectivity index (χ3v) is 2.82. The third kappa shape index (κ3) is 3.66. The summed E-state index contributed by atoms with van der Waals surface area (Å²) < 4.78 is 27.1. The summed E-state index contributed by atoms with van der Waals surface area (Å²) in [5.74, 6) is -1.47. The van der Waals surface area contributed by atoms with E-state index in [-0.39, 0.29) is 11.6 Å². The predicted molar refractivity (Wildman–Crippen MR) is 76.8 cm³/mol. The Kier molecular flexibility index (Phi) is 4.67. The van der Waals surface area contributed by atoms with Crippen LogP contribution in [0.3, 0.4) is 0 Å². The molecule has 0 saturated heterocycles. The maximum Gasteiger partial charge on any atom is 0.168 e. The molecule has 0 bridgehead atoms. The Labute approximate surface area is 121 Å². The van der Waals surface area contributed by atoms with Crippen LogP contribution >= 0.6 is 0 Å². The van der Waals surface area contributed by atoms with Gasteiger partial charge in [-0.25, -0.2) is 13.8 Å². The number of aromatic nitrogens is 1. The van der Waals surface area contributed by atoms with Crippen LogP contribution in [0.5, 0.6) is 0 Å². The molecule has 1 aromatic carbocycles. The first-order chi connectivity index (χ1) is 10.1. The molecule has 1 aromatic heterocycles. The summed E-state index contributed by atoms with van der Waals surface area (Å²) in [6, 6.07) is 9.70. The summed E-state index contributed by atoms with van der Waals surface area (Å²) >= 11 is 0. The molecule has 0 amide bonds. The zero-order chi connectivity index (χ0) is 15.2. The molecule has 1 heterocycles. The van der Waals surface area contributed by atoms with Gasteiger partial charge in [-0.05, 0) is 24.6 Å². The normalized spacial score (nSPS) is 10.0. The fourth-order valence-corrected chi connectivity index (χ4v) is 1.76. The maximum absolute atomic E-state index is 13.7. The number of rotatable bonds is 5. The van der Waals surface area contributed by atoms with Crippen LogP contribution in [-0.4, -0.2) is 11.5 Å². The molecule has 2 rings (SSSR count). The van der Waals surface area contributed by atoms with Gasteiger partial charge < -0.3 is 10.6 Å². The van der Waals surface area contributed by atoms with Crippen LogP contribution in [0.4, 0.5) is 20.4 Å². The van der Waals surface area contributed by atoms with Gasteiger partial charge in [0.25, 0.3) is 0 Å². The number of benzene rings is 1. The lowest BCUT2D eigenvalue weighted by Gasteiger charge is -2.10. The predicted octanol–water partition coefficient (Wildman–Crippen LogP) is 3.28. The minimum atomic E-state index is -0.747. The Morgan fingerprint density at radius 1 is 1.10 bits per heavy atom. The molecule has 0 spiro atoms. The monoisotopic (exact) mass is 288 g/mol. The Morgan fingerprint density at radius 2 is 1.71 bits per heavy atom. The minimum absolute atomic E-state index is 0.0150. The molecule has 0 aliphatic carbocycles. The van der Waals surface area contributed by atoms with Gasteiger partial charge in [0.15, 0.2) is 23.3 Å². The second kappa shape index (κ2) is 6.66. The van der Waals surface area contributed by atoms with Crippen molar-refractivity contribution in [2.45, 2.75) is 13.5 Å². The van der Waals surface area contributed by atoms with Crippen molar-refractivity contribution in [3.63, 3.8) is 0 Å². The van der Waals surface area contributed by atoms with Gasteiger partial charge in [-0.2, -0.15) is 5.26 Å². The average molecular weight is 288 g/mol. The Bertz CT molecular complexity index is 663. The van der Waals surface area contributed by atoms with E-state index in [9.17, 15) is 8.78 Å². The average Bonchev–Trinajstić information content (AvgIpc) is 2.49. The number of anilines is 2. The maximum atomic E-state index is 13.7. The Balaban J connectivity index is 2.11. The van der Waals surface area contributed by atoms with Gasteiger partial charge in [-0.1, -0.05) is 12.1 Å². The molecule has 21 heavy (non-hydrogen) atoms. The zero-order valence-electron chi connectivity index (χ0n) is 11.5. The van der Waals surface area contributed by atoms with Gasteiger partial charge in [-0.15, -0.1) is 0 Å². The van der Waals surface area contributed by atoms with Crippen molar-refractivity contribution in [1.29, 1.82) is 5.26 Å². The topological polar surface area (TPSA) is 60.7 Å². The van der Waals surface area contributed by atoms with Crippen LogP contribution in [-0.2, 0) is 6.54 Å². The van der Waals surface area contributed by atoms with E-state index in [4.69, 9.17) is 5.26 Å². The van der Waals surface area contributed by atoms with E-state index in [1.807, 2.05) is 6.07 Å². The lowest BCUT2D eigenvalue weighted by molar-refractivity contribution is 0.578. The van der Waals surface area contributed by atoms with Crippen LogP contribution in [0.2, 0.25) is 0 Å². The number of hydrogen-bond acceptors (Lipinski definition) is 4. The van der Waals surface area contributed by atoms with E-state index in [0.29, 0.717) is 18.7 Å². The quantitative estimate of drug-likeness (QED) is 0.886. The molecule has 0 fully saturated rings. The molecule has 0 aliphatic heterocycles. The molecule has 0 atom stereocenters. The highest BCUT2D eigenvalue weighted by Crippen LogP contribution is 2.19. The molecule has 0 unspecified atom stereocenters. The highest BCUT2D eigenvalue weighted by molar-refractivity contribution is 5.48. The molecule has 2 aromatic rings. The summed E-state index contributed by atoms with van der Waals surface area (Å²) in [7, 11) is 0. The fraction of sp³-hybridized carbons (Fsp3) is 0.200. The number of nitriles is 1. The number of halogens is 2. The SMILES string of the molecule is CCNc1nc(NCc2ccc(C#N)cc2)c(F)cc1F. The third-order valence-electron chi connectivity index (χ3n) is 2.82. The first kappa shape index (κ1) is 14.7. The molecule has 0 radical (unpaired) electrons. The summed E-state index contributed by atoms with van der Waals surface area (Å²) in [6.45, 7) is 2.62. The van der Waals surface area contributed by atoms with Crippen LogP contribution in [0, 0.1) is 23.0 Å². The summed E-state index contributed by atoms with van der Waals surface area (Å²) in [4.78, 5) is 3.89. The summed E-state index contributed by atoms with van der Waals surface area (Å²) in [5, 5.41) is 14.3. The summed E-state index contributed by atoms with van der Waals surface area (Å²) in [6.07, 6.45) is 0. The van der Waals surface area contributed by atoms with Crippen LogP contribution in [0.1, 0.15) is 18.1 Å². The van der Waals surface area contributed by atoms with Gasteiger partial charge >= 0.3 is 0 Å². The molecule has 4 nitrogen and oxygen atoms in total. The molecule has 0 saturated carbocycles. The standard InChI is InChI=1S/C15H14F2N4/c1-2-19-14-12(16)7-13(17)15(21-14)20-9-11-5-3-10(8-18)4-6-11/h3-7H,2,9H2,1H3,(H2,19,20,21). The highest BCUT2D eigenvalue weighted by Gasteiger charge is 2.11. The summed E-state index contributed by atoms with van der Waals surface area (Å²) in [5.41, 5.74) is 1.42. The molecule has 6 heteroatoms. The van der Waals surface area contributed by atoms with Gasteiger partial charge in [0.2, 0.25) is 0 Å². The smallest absolute Gasteiger partial charge is 0.168 e. The van der Waals surface area contributed by atoms with E-state index < -0.39 is 11.6 Å². The molecule has 0 aliphatic rings. The Hall–Kier alpha value is -2.68. The Morgan fingerprint density at radius 3 is 2.29 bits per heavy atom. The first-order valence-corrected chi connectivity index (χ1v) is 6.47. The van der Waals surface area contributed by atoms with Gasteiger partial charge in [-0.3, -0.25) is 0 Å². The lowest BCUT2D eigenvalue weighted by Crippen LogP contribution is -2.08. The lowest BCUT2D eigenvalue weighted by atomic mass is 10.1. The largest absolute Gasteiger partial charge is 0.368 e. The zero-order valence-corrected chi connectivity index (χ0v) is 11.5. The van der Waals surface area contributed by atoms with Crippen molar-refractivity contribution < 1.29 is 8.78 Å². The minimum Gasteiger partial charge on any atom is -0.368 e. The van der Waals surface area contributed by atoms with Crippen LogP contribution in [0.25, 0.3) is 0 Å². The second-order valence-corrected chi connectivity index (χ2v) is 4.34. The van der Waals surface area contributed by atoms with Crippen LogP contribution < -0.4 is 10.6 Å². The number of nitrogens with one attached hydrogen (secondary N) is 2. The number of hydrogen-bond donors (Lipinski definition) is 2. The molecular weight excluding hydrogens is 274 g/mol. The van der Waals surface area contributed by atoms with E-state index in [1.165, 1.54) is 0 Å². The van der Waals surface area contributed by atoms with Crippen molar-refractivity contribution in [1.82, 2.24) is 4.98 Å². The van der Waals surface area contributed by atoms with Gasteiger partial charge in [0.1, 0.15) is 0 Å². The van der Waals surface area contributed by atoms with Crippen molar-refractivity contribution in [2.24, 2.45) is 0 Å². The van der Waals surface area contributed by atoms with Crippen molar-refractivity contribution in [3.8, 4) is 6.07 Å². The van der Waals surface area contributed by atoms with E-state index in [1.54, 1.807) is 31.2 Å². The fourth-order valence-electron chi connectivity index (χ4n) is 1.76. The van der Waals surface area contributed by atoms with E-state index >= 15 is 0 Å². The van der Waals surface area contributed by atoms with Gasteiger partial charge in [0, 0.05) is 19.2 Å². The van der Waals surface area contributed by atoms with E-state index in [0.717, 1.165) is 11.6 Å². The molecule has 108 valence electrons. The van der Waals surface area contributed by atoms with Gasteiger partial charge in [0.05, 0.1) is 11.6 Å². The second-order valence-electron chi connectivity index (χ2n) is 4.34. The van der Waals surface area contributed by atoms with Crippen molar-refractivity contribution in [3.05, 3.63) is 53.1 Å². The highest BCUT2D eigenvalue weighted by atomic mass is 19.1. The molecule has 2 N–H and O–H groups in total. The van der Waals surface area contributed by atoms with Crippen molar-refractivity contribution >= 4 is 11.6 Å². The number of pyridine rings is 1. The molecular formula is C15H14F2N4. The first-order valence-electron chi connectivity index (χ1n) is 6.47.